The highest BCUT2D eigenvalue weighted by Crippen LogP contribution is 1.89. The lowest BCUT2D eigenvalue weighted by molar-refractivity contribution is -0.114. The van der Waals surface area contributed by atoms with Gasteiger partial charge in [0.25, 0.3) is 0 Å². The molecule has 0 radical (unpaired) electrons. The van der Waals surface area contributed by atoms with Crippen LogP contribution in [0.5, 0.6) is 0 Å². The van der Waals surface area contributed by atoms with Crippen LogP contribution in [0.1, 0.15) is 13.8 Å². The number of hydrogen-bond acceptors (Lipinski definition) is 2. The first-order valence-electron chi connectivity index (χ1n) is 2.76. The van der Waals surface area contributed by atoms with Crippen molar-refractivity contribution in [2.45, 2.75) is 13.8 Å². The van der Waals surface area contributed by atoms with Gasteiger partial charge < -0.3 is 10.5 Å². The molecule has 0 atom stereocenters. The minimum atomic E-state index is -0.441. The molecule has 0 rings (SSSR count). The molecule has 52 valence electrons. The van der Waals surface area contributed by atoms with E-state index in [-0.39, 0.29) is 0 Å². The van der Waals surface area contributed by atoms with Crippen molar-refractivity contribution in [1.29, 1.82) is 0 Å². The molecule has 0 heterocycles. The largest absolute Gasteiger partial charge is 0.501 e. The normalized spacial score (nSPS) is 11.1. The molecule has 0 aromatic heterocycles. The first kappa shape index (κ1) is 8.01. The summed E-state index contributed by atoms with van der Waals surface area (Å²) >= 11 is 0. The second-order valence-corrected chi connectivity index (χ2v) is 1.62. The molecule has 0 aliphatic rings. The van der Waals surface area contributed by atoms with E-state index in [0.29, 0.717) is 12.2 Å². The second kappa shape index (κ2) is 3.95. The van der Waals surface area contributed by atoms with Gasteiger partial charge in [-0.3, -0.25) is 4.79 Å². The van der Waals surface area contributed by atoms with Gasteiger partial charge in [0.15, 0.2) is 0 Å². The lowest BCUT2D eigenvalue weighted by Gasteiger charge is -1.94. The summed E-state index contributed by atoms with van der Waals surface area (Å²) in [6.07, 6.45) is 1.36. The minimum absolute atomic E-state index is 0.441. The van der Waals surface area contributed by atoms with Crippen LogP contribution in [0.3, 0.4) is 0 Å². The first-order valence-corrected chi connectivity index (χ1v) is 2.76. The monoisotopic (exact) mass is 129 g/mol. The highest BCUT2D eigenvalue weighted by molar-refractivity contribution is 5.90. The van der Waals surface area contributed by atoms with Crippen molar-refractivity contribution in [2.75, 3.05) is 6.61 Å². The van der Waals surface area contributed by atoms with Crippen LogP contribution in [0.2, 0.25) is 0 Å². The molecule has 0 fully saturated rings. The lowest BCUT2D eigenvalue weighted by Crippen LogP contribution is -2.11. The third kappa shape index (κ3) is 3.58. The predicted octanol–water partition coefficient (Wildman–Crippen LogP) is 0.412. The van der Waals surface area contributed by atoms with E-state index in [0.717, 1.165) is 0 Å². The number of ether oxygens (including phenoxy) is 1. The van der Waals surface area contributed by atoms with Gasteiger partial charge in [-0.05, 0) is 13.8 Å². The number of hydrogen-bond donors (Lipinski definition) is 1. The van der Waals surface area contributed by atoms with Crippen molar-refractivity contribution in [1.82, 2.24) is 0 Å². The molecule has 0 aliphatic heterocycles. The summed E-state index contributed by atoms with van der Waals surface area (Å²) in [4.78, 5) is 10.3. The minimum Gasteiger partial charge on any atom is -0.501 e. The molecule has 1 amide bonds. The van der Waals surface area contributed by atoms with Gasteiger partial charge in [0.1, 0.15) is 0 Å². The van der Waals surface area contributed by atoms with E-state index in [2.05, 4.69) is 0 Å². The van der Waals surface area contributed by atoms with E-state index < -0.39 is 5.91 Å². The smallest absolute Gasteiger partial charge is 0.247 e. The number of amides is 1. The van der Waals surface area contributed by atoms with Crippen LogP contribution in [0.4, 0.5) is 0 Å². The van der Waals surface area contributed by atoms with Gasteiger partial charge in [0.05, 0.1) is 12.9 Å². The van der Waals surface area contributed by atoms with E-state index in [4.69, 9.17) is 10.5 Å². The summed E-state index contributed by atoms with van der Waals surface area (Å²) in [5.74, 6) is -0.441. The zero-order chi connectivity index (χ0) is 7.28. The predicted molar refractivity (Wildman–Crippen MR) is 34.6 cm³/mol. The number of carbonyl (C=O) groups excluding carboxylic acids is 1. The number of nitrogens with two attached hydrogens (primary N) is 1. The van der Waals surface area contributed by atoms with Crippen LogP contribution >= 0.6 is 0 Å². The van der Waals surface area contributed by atoms with E-state index in [1.165, 1.54) is 6.26 Å². The third-order valence-electron chi connectivity index (χ3n) is 0.815. The Balaban J connectivity index is 3.69. The molecule has 0 saturated heterocycles. The molecule has 2 N–H and O–H groups in total. The van der Waals surface area contributed by atoms with Gasteiger partial charge >= 0.3 is 0 Å². The van der Waals surface area contributed by atoms with Gasteiger partial charge in [-0.1, -0.05) is 0 Å². The highest BCUT2D eigenvalue weighted by atomic mass is 16.5. The number of rotatable bonds is 3. The molecular formula is C6H11NO2. The Morgan fingerprint density at radius 3 is 2.67 bits per heavy atom. The molecule has 0 bridgehead atoms. The molecule has 3 nitrogen and oxygen atoms in total. The van der Waals surface area contributed by atoms with Gasteiger partial charge in [-0.15, -0.1) is 0 Å². The molecule has 0 unspecified atom stereocenters. The Labute approximate surface area is 54.5 Å². The maximum atomic E-state index is 10.3. The van der Waals surface area contributed by atoms with Crippen molar-refractivity contribution < 1.29 is 9.53 Å². The Hall–Kier alpha value is -0.990. The summed E-state index contributed by atoms with van der Waals surface area (Å²) in [7, 11) is 0. The van der Waals surface area contributed by atoms with Crippen LogP contribution in [-0.4, -0.2) is 12.5 Å². The maximum Gasteiger partial charge on any atom is 0.247 e. The zero-order valence-electron chi connectivity index (χ0n) is 5.68. The summed E-state index contributed by atoms with van der Waals surface area (Å²) in [6, 6.07) is 0. The van der Waals surface area contributed by atoms with E-state index in [9.17, 15) is 4.79 Å². The van der Waals surface area contributed by atoms with Gasteiger partial charge in [0.2, 0.25) is 5.91 Å². The fourth-order valence-corrected chi connectivity index (χ4v) is 0.266. The molecular weight excluding hydrogens is 118 g/mol. The van der Waals surface area contributed by atoms with Crippen molar-refractivity contribution >= 4 is 5.91 Å². The standard InChI is InChI=1S/C6H11NO2/c1-3-9-4-5(2)6(7)8/h4H,3H2,1-2H3,(H2,7,8)/b5-4+. The van der Waals surface area contributed by atoms with Gasteiger partial charge in [-0.25, -0.2) is 0 Å². The molecule has 9 heavy (non-hydrogen) atoms. The third-order valence-corrected chi connectivity index (χ3v) is 0.815. The molecule has 0 aromatic carbocycles. The van der Waals surface area contributed by atoms with E-state index >= 15 is 0 Å². The fraction of sp³-hybridized carbons (Fsp3) is 0.500. The van der Waals surface area contributed by atoms with Crippen LogP contribution in [-0.2, 0) is 9.53 Å². The average Bonchev–Trinajstić information content (AvgIpc) is 1.82. The Morgan fingerprint density at radius 2 is 2.33 bits per heavy atom. The topological polar surface area (TPSA) is 52.3 Å². The molecule has 0 aliphatic carbocycles. The summed E-state index contributed by atoms with van der Waals surface area (Å²) in [5, 5.41) is 0. The number of carbonyl (C=O) groups is 1. The summed E-state index contributed by atoms with van der Waals surface area (Å²) in [5.41, 5.74) is 5.33. The highest BCUT2D eigenvalue weighted by Gasteiger charge is 1.94. The van der Waals surface area contributed by atoms with Crippen molar-refractivity contribution in [3.63, 3.8) is 0 Å². The molecule has 0 aromatic rings. The Kier molecular flexibility index (Phi) is 3.51. The van der Waals surface area contributed by atoms with Crippen molar-refractivity contribution in [3.8, 4) is 0 Å². The Morgan fingerprint density at radius 1 is 1.78 bits per heavy atom. The van der Waals surface area contributed by atoms with Crippen molar-refractivity contribution in [2.24, 2.45) is 5.73 Å². The first-order chi connectivity index (χ1) is 4.18. The van der Waals surface area contributed by atoms with Gasteiger partial charge in [0, 0.05) is 5.57 Å². The maximum absolute atomic E-state index is 10.3. The van der Waals surface area contributed by atoms with Crippen LogP contribution in [0.15, 0.2) is 11.8 Å². The zero-order valence-corrected chi connectivity index (χ0v) is 5.68. The average molecular weight is 129 g/mol. The Bertz CT molecular complexity index is 129. The van der Waals surface area contributed by atoms with E-state index in [1.807, 2.05) is 6.92 Å². The summed E-state index contributed by atoms with van der Waals surface area (Å²) < 4.78 is 4.79. The second-order valence-electron chi connectivity index (χ2n) is 1.62. The van der Waals surface area contributed by atoms with Crippen LogP contribution in [0, 0.1) is 0 Å². The number of primary amides is 1. The van der Waals surface area contributed by atoms with Crippen molar-refractivity contribution in [3.05, 3.63) is 11.8 Å². The molecule has 0 saturated carbocycles. The lowest BCUT2D eigenvalue weighted by atomic mass is 10.3. The van der Waals surface area contributed by atoms with Crippen LogP contribution in [0.25, 0.3) is 0 Å². The van der Waals surface area contributed by atoms with E-state index in [1.54, 1.807) is 6.92 Å². The molecule has 0 spiro atoms. The SMILES string of the molecule is CCO/C=C(\C)C(N)=O. The fourth-order valence-electron chi connectivity index (χ4n) is 0.266. The quantitative estimate of drug-likeness (QED) is 0.443. The van der Waals surface area contributed by atoms with Crippen LogP contribution < -0.4 is 5.73 Å². The van der Waals surface area contributed by atoms with Gasteiger partial charge in [-0.2, -0.15) is 0 Å². The summed E-state index contributed by atoms with van der Waals surface area (Å²) in [6.45, 7) is 4.01. The molecule has 3 heteroatoms.